The Bertz CT molecular complexity index is 6.00. The monoisotopic (exact) mass is 283 g/mol. The first-order valence-electron chi connectivity index (χ1n) is 0. The molecule has 4 heteroatoms. The predicted octanol–water partition coefficient (Wildman–Crippen LogP) is -0.832. The summed E-state index contributed by atoms with van der Waals surface area (Å²) >= 11 is 0. The maximum absolute atomic E-state index is 0. The van der Waals surface area contributed by atoms with E-state index in [-0.39, 0.29) is 68.8 Å². The molecule has 0 aromatic carbocycles. The van der Waals surface area contributed by atoms with Gasteiger partial charge < -0.3 is 5.48 Å². The molecule has 0 amide bonds. The van der Waals surface area contributed by atoms with Gasteiger partial charge in [-0.2, -0.15) is 0 Å². The Morgan fingerprint density at radius 1 is 0.750 bits per heavy atom. The normalized spacial score (nSPS) is 0. The Labute approximate surface area is 68.1 Å². The number of hydrogen-bond donors (Lipinski definition) is 0. The Balaban J connectivity index is 0. The molecule has 35 valence electrons. The molecule has 0 aromatic rings. The maximum Gasteiger partial charge on any atom is 0 e. The second-order valence-electron chi connectivity index (χ2n) is 0. The van der Waals surface area contributed by atoms with Crippen molar-refractivity contribution in [3.05, 3.63) is 0 Å². The zero-order valence-electron chi connectivity index (χ0n) is 1.55. The summed E-state index contributed by atoms with van der Waals surface area (Å²) in [6, 6.07) is 0. The van der Waals surface area contributed by atoms with Crippen molar-refractivity contribution in [3.63, 3.8) is 0 Å². The van der Waals surface area contributed by atoms with Gasteiger partial charge >= 0.3 is 0 Å². The number of rotatable bonds is 0. The molecule has 0 atom stereocenters. The molecule has 0 aliphatic heterocycles. The van der Waals surface area contributed by atoms with Crippen molar-refractivity contribution in [2.45, 2.75) is 0 Å². The molecule has 0 spiro atoms. The summed E-state index contributed by atoms with van der Waals surface area (Å²) in [4.78, 5) is 0. The van der Waals surface area contributed by atoms with E-state index in [0.29, 0.717) is 0 Å². The van der Waals surface area contributed by atoms with Crippen molar-refractivity contribution in [2.24, 2.45) is 0 Å². The fourth-order valence-electron chi connectivity index (χ4n) is 0. The van der Waals surface area contributed by atoms with Crippen LogP contribution < -0.4 is 0 Å². The third-order valence-electron chi connectivity index (χ3n) is 0. The van der Waals surface area contributed by atoms with Crippen molar-refractivity contribution in [3.8, 4) is 0 Å². The van der Waals surface area contributed by atoms with Gasteiger partial charge in [0.05, 0.1) is 0 Å². The standard InChI is InChI=1S/2Ag.H2O.V/h;;1H2;. The average Bonchev–Trinajstić information content (AvgIpc) is 0. The fourth-order valence-corrected chi connectivity index (χ4v) is 0. The minimum atomic E-state index is 0. The van der Waals surface area contributed by atoms with Crippen LogP contribution in [-0.2, 0) is 63.3 Å². The van der Waals surface area contributed by atoms with Crippen LogP contribution in [0.25, 0.3) is 0 Å². The average molecular weight is 285 g/mol. The molecule has 0 saturated heterocycles. The van der Waals surface area contributed by atoms with Crippen LogP contribution in [-0.4, -0.2) is 5.48 Å². The van der Waals surface area contributed by atoms with Crippen molar-refractivity contribution >= 4 is 0 Å². The van der Waals surface area contributed by atoms with Crippen LogP contribution in [0, 0.1) is 0 Å². The summed E-state index contributed by atoms with van der Waals surface area (Å²) in [6.45, 7) is 0. The summed E-state index contributed by atoms with van der Waals surface area (Å²) in [5.41, 5.74) is 0. The molecular weight excluding hydrogens is 283 g/mol. The van der Waals surface area contributed by atoms with Gasteiger partial charge in [-0.05, 0) is 0 Å². The van der Waals surface area contributed by atoms with E-state index in [1.165, 1.54) is 0 Å². The van der Waals surface area contributed by atoms with Gasteiger partial charge in [-0.15, -0.1) is 0 Å². The van der Waals surface area contributed by atoms with Crippen LogP contribution in [0.5, 0.6) is 0 Å². The first-order valence-corrected chi connectivity index (χ1v) is 0. The van der Waals surface area contributed by atoms with E-state index in [1.807, 2.05) is 0 Å². The van der Waals surface area contributed by atoms with Gasteiger partial charge in [-0.1, -0.05) is 0 Å². The van der Waals surface area contributed by atoms with E-state index < -0.39 is 0 Å². The molecule has 2 N–H and O–H groups in total. The molecule has 0 rings (SSSR count). The van der Waals surface area contributed by atoms with Crippen molar-refractivity contribution < 1.29 is 68.8 Å². The SMILES string of the molecule is O.[Ag].[Ag].[V]. The Morgan fingerprint density at radius 2 is 0.750 bits per heavy atom. The first-order chi connectivity index (χ1) is 0. The summed E-state index contributed by atoms with van der Waals surface area (Å²) < 4.78 is 0. The van der Waals surface area contributed by atoms with Crippen LogP contribution in [0.2, 0.25) is 0 Å². The van der Waals surface area contributed by atoms with Crippen molar-refractivity contribution in [2.75, 3.05) is 0 Å². The zero-order chi connectivity index (χ0) is 0. The van der Waals surface area contributed by atoms with Crippen LogP contribution >= 0.6 is 0 Å². The van der Waals surface area contributed by atoms with Gasteiger partial charge in [0.25, 0.3) is 0 Å². The fraction of sp³-hybridized carbons (Fsp3) is 0. The molecule has 0 saturated carbocycles. The van der Waals surface area contributed by atoms with Crippen molar-refractivity contribution in [1.82, 2.24) is 0 Å². The van der Waals surface area contributed by atoms with E-state index in [4.69, 9.17) is 0 Å². The molecule has 4 heavy (non-hydrogen) atoms. The molecule has 0 aliphatic carbocycles. The van der Waals surface area contributed by atoms with Gasteiger partial charge in [0.15, 0.2) is 0 Å². The minimum Gasteiger partial charge on any atom is -0.412 e. The molecular formula is H2Ag2OV. The van der Waals surface area contributed by atoms with Gasteiger partial charge in [-0.3, -0.25) is 0 Å². The van der Waals surface area contributed by atoms with Crippen LogP contribution in [0.3, 0.4) is 0 Å². The van der Waals surface area contributed by atoms with Gasteiger partial charge in [0, 0.05) is 63.3 Å². The van der Waals surface area contributed by atoms with E-state index in [0.717, 1.165) is 0 Å². The van der Waals surface area contributed by atoms with Crippen LogP contribution in [0.1, 0.15) is 0 Å². The van der Waals surface area contributed by atoms with Gasteiger partial charge in [0.2, 0.25) is 0 Å². The summed E-state index contributed by atoms with van der Waals surface area (Å²) in [5.74, 6) is 0. The third kappa shape index (κ3) is 8.98. The zero-order valence-corrected chi connectivity index (χ0v) is 5.91. The Morgan fingerprint density at radius 3 is 0.750 bits per heavy atom. The maximum atomic E-state index is 0. The molecule has 0 heterocycles. The molecule has 3 radical (unpaired) electrons. The minimum absolute atomic E-state index is 0. The largest absolute Gasteiger partial charge is 0.412 e. The smallest absolute Gasteiger partial charge is 0 e. The van der Waals surface area contributed by atoms with Crippen LogP contribution in [0.4, 0.5) is 0 Å². The predicted molar refractivity (Wildman–Crippen MR) is 3.61 cm³/mol. The molecule has 0 bridgehead atoms. The number of hydrogen-bond acceptors (Lipinski definition) is 0. The molecule has 0 aromatic heterocycles. The summed E-state index contributed by atoms with van der Waals surface area (Å²) in [7, 11) is 0. The Kier molecular flexibility index (Phi) is 184. The van der Waals surface area contributed by atoms with Gasteiger partial charge in [-0.25, -0.2) is 0 Å². The Hall–Kier alpha value is 2.02. The van der Waals surface area contributed by atoms with E-state index in [2.05, 4.69) is 0 Å². The van der Waals surface area contributed by atoms with Gasteiger partial charge in [0.1, 0.15) is 0 Å². The van der Waals surface area contributed by atoms with E-state index in [1.54, 1.807) is 0 Å². The summed E-state index contributed by atoms with van der Waals surface area (Å²) in [6.07, 6.45) is 0. The molecule has 0 aliphatic rings. The van der Waals surface area contributed by atoms with Crippen LogP contribution in [0.15, 0.2) is 0 Å². The molecule has 0 unspecified atom stereocenters. The topological polar surface area (TPSA) is 31.5 Å². The molecule has 0 fully saturated rings. The van der Waals surface area contributed by atoms with E-state index in [9.17, 15) is 0 Å². The van der Waals surface area contributed by atoms with Crippen molar-refractivity contribution in [1.29, 1.82) is 0 Å². The first kappa shape index (κ1) is 37.1. The summed E-state index contributed by atoms with van der Waals surface area (Å²) in [5, 5.41) is 0. The van der Waals surface area contributed by atoms with E-state index >= 15 is 0 Å². The molecule has 1 nitrogen and oxygen atoms in total. The second kappa shape index (κ2) is 19.9. The second-order valence-corrected chi connectivity index (χ2v) is 0. The third-order valence-corrected chi connectivity index (χ3v) is 0. The quantitative estimate of drug-likeness (QED) is 0.520.